The molecule has 88 valence electrons. The maximum atomic E-state index is 13.1. The van der Waals surface area contributed by atoms with Crippen molar-refractivity contribution >= 4 is 5.69 Å². The summed E-state index contributed by atoms with van der Waals surface area (Å²) >= 11 is 0. The number of benzene rings is 1. The summed E-state index contributed by atoms with van der Waals surface area (Å²) in [5.41, 5.74) is 3.80. The van der Waals surface area contributed by atoms with Gasteiger partial charge in [-0.3, -0.25) is 0 Å². The number of alkyl halides is 4. The van der Waals surface area contributed by atoms with E-state index in [1.807, 2.05) is 0 Å². The van der Waals surface area contributed by atoms with Gasteiger partial charge in [-0.1, -0.05) is 0 Å². The van der Waals surface area contributed by atoms with E-state index in [1.165, 1.54) is 0 Å². The zero-order chi connectivity index (χ0) is 12.1. The summed E-state index contributed by atoms with van der Waals surface area (Å²) in [6.07, 6.45) is -8.79. The van der Waals surface area contributed by atoms with Crippen LogP contribution in [0.5, 0.6) is 11.5 Å². The molecule has 1 aliphatic rings. The minimum atomic E-state index is -4.53. The lowest BCUT2D eigenvalue weighted by atomic mass is 10.1. The largest absolute Gasteiger partial charge is 0.540 e. The lowest BCUT2D eigenvalue weighted by Crippen LogP contribution is -2.41. The van der Waals surface area contributed by atoms with Crippen LogP contribution in [-0.4, -0.2) is 11.4 Å². The third-order valence-electron chi connectivity index (χ3n) is 1.94. The highest BCUT2D eigenvalue weighted by Crippen LogP contribution is 2.51. The third kappa shape index (κ3) is 1.51. The van der Waals surface area contributed by atoms with Gasteiger partial charge in [0.25, 0.3) is 0 Å². The maximum absolute atomic E-state index is 13.1. The summed E-state index contributed by atoms with van der Waals surface area (Å²) in [6.45, 7) is 0. The number of hydrogen-bond acceptors (Lipinski definition) is 4. The van der Waals surface area contributed by atoms with Crippen LogP contribution in [0.3, 0.4) is 0 Å². The lowest BCUT2D eigenvalue weighted by molar-refractivity contribution is -0.461. The number of fused-ring (bicyclic) bond motifs is 1. The van der Waals surface area contributed by atoms with Crippen LogP contribution >= 0.6 is 0 Å². The van der Waals surface area contributed by atoms with Gasteiger partial charge in [0.2, 0.25) is 0 Å². The topological polar surface area (TPSA) is 64.7 Å². The number of nitrogen functional groups attached to an aromatic ring is 1. The molecule has 0 aromatic heterocycles. The van der Waals surface area contributed by atoms with Crippen LogP contribution in [0.25, 0.3) is 0 Å². The Morgan fingerprint density at radius 2 is 1.81 bits per heavy atom. The molecular formula is C8H5F4NO3. The third-order valence-corrected chi connectivity index (χ3v) is 1.94. The highest BCUT2D eigenvalue weighted by Gasteiger charge is 2.55. The molecule has 0 atom stereocenters. The quantitative estimate of drug-likeness (QED) is 0.412. The molecule has 0 unspecified atom stereocenters. The SMILES string of the molecule is Nc1ccc2c(c1O)OC(F)(F)OC2(F)F. The molecule has 0 fully saturated rings. The Labute approximate surface area is 86.2 Å². The van der Waals surface area contributed by atoms with E-state index in [1.54, 1.807) is 0 Å². The Bertz CT molecular complexity index is 449. The summed E-state index contributed by atoms with van der Waals surface area (Å²) in [5, 5.41) is 9.24. The number of phenols is 1. The first-order chi connectivity index (χ1) is 7.23. The average molecular weight is 239 g/mol. The number of rotatable bonds is 0. The van der Waals surface area contributed by atoms with Crippen molar-refractivity contribution in [3.05, 3.63) is 17.7 Å². The lowest BCUT2D eigenvalue weighted by Gasteiger charge is -2.30. The molecule has 1 heterocycles. The standard InChI is InChI=1S/C8H5F4NO3/c9-7(10)3-1-2-4(13)5(14)6(3)15-8(11,12)16-7/h1-2,14H,13H2. The second-order valence-corrected chi connectivity index (χ2v) is 3.06. The summed E-state index contributed by atoms with van der Waals surface area (Å²) in [4.78, 5) is 0. The summed E-state index contributed by atoms with van der Waals surface area (Å²) in [7, 11) is 0. The fourth-order valence-corrected chi connectivity index (χ4v) is 1.26. The molecule has 1 aromatic rings. The Kier molecular flexibility index (Phi) is 1.96. The van der Waals surface area contributed by atoms with Gasteiger partial charge in [0.05, 0.1) is 11.3 Å². The van der Waals surface area contributed by atoms with Crippen LogP contribution in [-0.2, 0) is 10.8 Å². The highest BCUT2D eigenvalue weighted by atomic mass is 19.3. The second-order valence-electron chi connectivity index (χ2n) is 3.06. The molecule has 16 heavy (non-hydrogen) atoms. The zero-order valence-electron chi connectivity index (χ0n) is 7.51. The fourth-order valence-electron chi connectivity index (χ4n) is 1.26. The van der Waals surface area contributed by atoms with Gasteiger partial charge in [0.15, 0.2) is 11.5 Å². The first kappa shape index (κ1) is 10.8. The average Bonchev–Trinajstić information content (AvgIpc) is 2.09. The van der Waals surface area contributed by atoms with E-state index in [-0.39, 0.29) is 5.69 Å². The van der Waals surface area contributed by atoms with E-state index in [0.717, 1.165) is 12.1 Å². The molecule has 8 heteroatoms. The van der Waals surface area contributed by atoms with Crippen molar-refractivity contribution in [1.82, 2.24) is 0 Å². The van der Waals surface area contributed by atoms with Crippen molar-refractivity contribution in [2.75, 3.05) is 5.73 Å². The van der Waals surface area contributed by atoms with E-state index in [4.69, 9.17) is 5.73 Å². The first-order valence-corrected chi connectivity index (χ1v) is 4.00. The van der Waals surface area contributed by atoms with E-state index in [0.29, 0.717) is 0 Å². The van der Waals surface area contributed by atoms with Crippen molar-refractivity contribution in [2.45, 2.75) is 12.4 Å². The van der Waals surface area contributed by atoms with Crippen molar-refractivity contribution in [3.63, 3.8) is 0 Å². The molecule has 4 nitrogen and oxygen atoms in total. The van der Waals surface area contributed by atoms with E-state index in [2.05, 4.69) is 9.47 Å². The van der Waals surface area contributed by atoms with Crippen molar-refractivity contribution in [2.24, 2.45) is 0 Å². The van der Waals surface area contributed by atoms with E-state index in [9.17, 15) is 22.7 Å². The minimum Gasteiger partial charge on any atom is -0.503 e. The molecule has 2 rings (SSSR count). The van der Waals surface area contributed by atoms with Gasteiger partial charge in [-0.15, -0.1) is 8.78 Å². The van der Waals surface area contributed by atoms with Gasteiger partial charge in [0.1, 0.15) is 0 Å². The van der Waals surface area contributed by atoms with Gasteiger partial charge in [-0.05, 0) is 12.1 Å². The Balaban J connectivity index is 2.65. The van der Waals surface area contributed by atoms with E-state index >= 15 is 0 Å². The Morgan fingerprint density at radius 3 is 2.44 bits per heavy atom. The molecule has 1 aliphatic heterocycles. The normalized spacial score (nSPS) is 21.0. The van der Waals surface area contributed by atoms with Gasteiger partial charge in [-0.2, -0.15) is 8.78 Å². The molecule has 0 radical (unpaired) electrons. The van der Waals surface area contributed by atoms with Gasteiger partial charge in [-0.25, -0.2) is 4.74 Å². The van der Waals surface area contributed by atoms with Gasteiger partial charge >= 0.3 is 12.4 Å². The number of ether oxygens (including phenoxy) is 2. The first-order valence-electron chi connectivity index (χ1n) is 4.00. The molecule has 0 amide bonds. The van der Waals surface area contributed by atoms with Crippen LogP contribution in [0.15, 0.2) is 12.1 Å². The van der Waals surface area contributed by atoms with Crippen molar-refractivity contribution in [1.29, 1.82) is 0 Å². The van der Waals surface area contributed by atoms with Crippen LogP contribution in [0, 0.1) is 0 Å². The fraction of sp³-hybridized carbons (Fsp3) is 0.250. The van der Waals surface area contributed by atoms with Crippen LogP contribution in [0.2, 0.25) is 0 Å². The molecule has 0 bridgehead atoms. The number of aromatic hydroxyl groups is 1. The predicted octanol–water partition coefficient (Wildman–Crippen LogP) is 1.98. The second kappa shape index (κ2) is 2.91. The number of halogens is 4. The summed E-state index contributed by atoms with van der Waals surface area (Å²) < 4.78 is 58.3. The monoisotopic (exact) mass is 239 g/mol. The van der Waals surface area contributed by atoms with Gasteiger partial charge < -0.3 is 15.6 Å². The molecule has 1 aromatic carbocycles. The molecule has 0 aliphatic carbocycles. The maximum Gasteiger partial charge on any atom is 0.540 e. The highest BCUT2D eigenvalue weighted by molar-refractivity contribution is 5.63. The molecule has 0 spiro atoms. The molecule has 0 saturated carbocycles. The Hall–Kier alpha value is -1.70. The predicted molar refractivity (Wildman–Crippen MR) is 43.1 cm³/mol. The number of hydrogen-bond donors (Lipinski definition) is 2. The van der Waals surface area contributed by atoms with Gasteiger partial charge in [0, 0.05) is 0 Å². The van der Waals surface area contributed by atoms with Crippen LogP contribution < -0.4 is 10.5 Å². The summed E-state index contributed by atoms with van der Waals surface area (Å²) in [5.74, 6) is -2.05. The van der Waals surface area contributed by atoms with Crippen molar-refractivity contribution in [3.8, 4) is 11.5 Å². The molecule has 0 saturated heterocycles. The minimum absolute atomic E-state index is 0.354. The number of phenolic OH excluding ortho intramolecular Hbond substituents is 1. The van der Waals surface area contributed by atoms with Crippen LogP contribution in [0.4, 0.5) is 23.2 Å². The smallest absolute Gasteiger partial charge is 0.503 e. The molecular weight excluding hydrogens is 234 g/mol. The number of nitrogens with two attached hydrogens (primary N) is 1. The van der Waals surface area contributed by atoms with E-state index < -0.39 is 29.5 Å². The van der Waals surface area contributed by atoms with Crippen molar-refractivity contribution < 1.29 is 32.1 Å². The zero-order valence-corrected chi connectivity index (χ0v) is 7.51. The summed E-state index contributed by atoms with van der Waals surface area (Å²) in [6, 6.07) is 1.66. The Morgan fingerprint density at radius 1 is 1.19 bits per heavy atom. The number of anilines is 1. The molecule has 3 N–H and O–H groups in total. The van der Waals surface area contributed by atoms with Crippen LogP contribution in [0.1, 0.15) is 5.56 Å².